The van der Waals surface area contributed by atoms with Gasteiger partial charge in [0, 0.05) is 22.4 Å². The monoisotopic (exact) mass is 277 g/mol. The van der Waals surface area contributed by atoms with Crippen molar-refractivity contribution in [1.82, 2.24) is 0 Å². The highest BCUT2D eigenvalue weighted by molar-refractivity contribution is 6.31. The SMILES string of the molecule is NC1(CC(=O)c2cc3cc(Cl)ccc3o2)CCCC1. The molecule has 1 saturated carbocycles. The van der Waals surface area contributed by atoms with Gasteiger partial charge in [-0.1, -0.05) is 24.4 Å². The minimum absolute atomic E-state index is 0.0169. The zero-order valence-electron chi connectivity index (χ0n) is 10.6. The Kier molecular flexibility index (Phi) is 3.11. The molecule has 0 saturated heterocycles. The molecule has 100 valence electrons. The number of nitrogens with two attached hydrogens (primary N) is 1. The number of furan rings is 1. The largest absolute Gasteiger partial charge is 0.453 e. The minimum Gasteiger partial charge on any atom is -0.453 e. The first-order valence-electron chi connectivity index (χ1n) is 6.57. The van der Waals surface area contributed by atoms with Crippen LogP contribution in [0.3, 0.4) is 0 Å². The lowest BCUT2D eigenvalue weighted by molar-refractivity contribution is 0.0927. The van der Waals surface area contributed by atoms with Crippen molar-refractivity contribution < 1.29 is 9.21 Å². The number of rotatable bonds is 3. The van der Waals surface area contributed by atoms with Gasteiger partial charge in [0.25, 0.3) is 0 Å². The van der Waals surface area contributed by atoms with Crippen LogP contribution in [0.15, 0.2) is 28.7 Å². The predicted molar refractivity (Wildman–Crippen MR) is 75.6 cm³/mol. The highest BCUT2D eigenvalue weighted by Crippen LogP contribution is 2.32. The van der Waals surface area contributed by atoms with Crippen molar-refractivity contribution >= 4 is 28.4 Å². The molecule has 0 aliphatic heterocycles. The highest BCUT2D eigenvalue weighted by atomic mass is 35.5. The van der Waals surface area contributed by atoms with Crippen LogP contribution in [0.25, 0.3) is 11.0 Å². The molecule has 1 fully saturated rings. The van der Waals surface area contributed by atoms with E-state index in [2.05, 4.69) is 0 Å². The molecule has 1 heterocycles. The Hall–Kier alpha value is -1.32. The number of hydrogen-bond acceptors (Lipinski definition) is 3. The first-order chi connectivity index (χ1) is 9.06. The maximum absolute atomic E-state index is 12.3. The standard InChI is InChI=1S/C15H16ClNO2/c16-11-3-4-13-10(7-11)8-14(19-13)12(18)9-15(17)5-1-2-6-15/h3-4,7-8H,1-2,5-6,9,17H2. The third kappa shape index (κ3) is 2.53. The summed E-state index contributed by atoms with van der Waals surface area (Å²) < 4.78 is 5.58. The van der Waals surface area contributed by atoms with Gasteiger partial charge in [0.2, 0.25) is 0 Å². The summed E-state index contributed by atoms with van der Waals surface area (Å²) in [7, 11) is 0. The van der Waals surface area contributed by atoms with E-state index in [0.29, 0.717) is 22.8 Å². The Labute approximate surface area is 116 Å². The summed E-state index contributed by atoms with van der Waals surface area (Å²) in [6.07, 6.45) is 4.43. The molecule has 3 nitrogen and oxygen atoms in total. The van der Waals surface area contributed by atoms with Crippen LogP contribution in [0.2, 0.25) is 5.02 Å². The molecule has 4 heteroatoms. The van der Waals surface area contributed by atoms with Crippen molar-refractivity contribution in [2.75, 3.05) is 0 Å². The fourth-order valence-corrected chi connectivity index (χ4v) is 2.99. The lowest BCUT2D eigenvalue weighted by atomic mass is 9.91. The topological polar surface area (TPSA) is 56.2 Å². The summed E-state index contributed by atoms with van der Waals surface area (Å²) in [6.45, 7) is 0. The summed E-state index contributed by atoms with van der Waals surface area (Å²) >= 11 is 5.92. The maximum Gasteiger partial charge on any atom is 0.199 e. The van der Waals surface area contributed by atoms with Crippen LogP contribution in [0.4, 0.5) is 0 Å². The quantitative estimate of drug-likeness (QED) is 0.865. The van der Waals surface area contributed by atoms with Gasteiger partial charge in [-0.3, -0.25) is 4.79 Å². The Morgan fingerprint density at radius 1 is 1.32 bits per heavy atom. The van der Waals surface area contributed by atoms with E-state index in [1.54, 1.807) is 24.3 Å². The Morgan fingerprint density at radius 2 is 2.05 bits per heavy atom. The summed E-state index contributed by atoms with van der Waals surface area (Å²) in [5.74, 6) is 0.366. The van der Waals surface area contributed by atoms with Crippen LogP contribution in [-0.2, 0) is 0 Å². The first kappa shape index (κ1) is 12.7. The number of ketones is 1. The fraction of sp³-hybridized carbons (Fsp3) is 0.400. The van der Waals surface area contributed by atoms with Gasteiger partial charge < -0.3 is 10.2 Å². The van der Waals surface area contributed by atoms with Crippen LogP contribution in [0.1, 0.15) is 42.7 Å². The van der Waals surface area contributed by atoms with Crippen molar-refractivity contribution in [2.24, 2.45) is 5.73 Å². The average Bonchev–Trinajstić information content (AvgIpc) is 2.95. The minimum atomic E-state index is -0.340. The van der Waals surface area contributed by atoms with Crippen LogP contribution >= 0.6 is 11.6 Å². The maximum atomic E-state index is 12.3. The van der Waals surface area contributed by atoms with Crippen LogP contribution in [0, 0.1) is 0 Å². The summed E-state index contributed by atoms with van der Waals surface area (Å²) in [5.41, 5.74) is 6.58. The van der Waals surface area contributed by atoms with Gasteiger partial charge in [-0.25, -0.2) is 0 Å². The molecular formula is C15H16ClNO2. The summed E-state index contributed by atoms with van der Waals surface area (Å²) in [6, 6.07) is 7.08. The van der Waals surface area contributed by atoms with Crippen molar-refractivity contribution in [1.29, 1.82) is 0 Å². The molecule has 0 atom stereocenters. The van der Waals surface area contributed by atoms with Crippen LogP contribution in [0.5, 0.6) is 0 Å². The van der Waals surface area contributed by atoms with E-state index < -0.39 is 0 Å². The molecule has 0 radical (unpaired) electrons. The van der Waals surface area contributed by atoms with E-state index >= 15 is 0 Å². The zero-order chi connectivity index (χ0) is 13.5. The van der Waals surface area contributed by atoms with Gasteiger partial charge in [0.05, 0.1) is 0 Å². The molecule has 3 rings (SSSR count). The highest BCUT2D eigenvalue weighted by Gasteiger charge is 2.32. The number of Topliss-reactive ketones (excluding diaryl/α,β-unsaturated/α-hetero) is 1. The summed E-state index contributed by atoms with van der Waals surface area (Å²) in [4.78, 5) is 12.3. The van der Waals surface area contributed by atoms with Gasteiger partial charge in [0.15, 0.2) is 11.5 Å². The summed E-state index contributed by atoms with van der Waals surface area (Å²) in [5, 5.41) is 1.49. The van der Waals surface area contributed by atoms with Crippen molar-refractivity contribution in [3.8, 4) is 0 Å². The lowest BCUT2D eigenvalue weighted by Gasteiger charge is -2.21. The molecule has 1 aromatic carbocycles. The van der Waals surface area contributed by atoms with E-state index in [4.69, 9.17) is 21.8 Å². The Bertz CT molecular complexity index is 626. The van der Waals surface area contributed by atoms with E-state index in [0.717, 1.165) is 31.1 Å². The molecule has 0 spiro atoms. The number of fused-ring (bicyclic) bond motifs is 1. The predicted octanol–water partition coefficient (Wildman–Crippen LogP) is 3.93. The molecule has 1 aromatic heterocycles. The van der Waals surface area contributed by atoms with E-state index in [1.165, 1.54) is 0 Å². The number of halogens is 1. The van der Waals surface area contributed by atoms with Crippen molar-refractivity contribution in [2.45, 2.75) is 37.6 Å². The average molecular weight is 278 g/mol. The van der Waals surface area contributed by atoms with Crippen LogP contribution in [-0.4, -0.2) is 11.3 Å². The number of carbonyl (C=O) groups excluding carboxylic acids is 1. The second-order valence-electron chi connectivity index (χ2n) is 5.46. The molecule has 0 unspecified atom stereocenters. The van der Waals surface area contributed by atoms with Crippen LogP contribution < -0.4 is 5.73 Å². The van der Waals surface area contributed by atoms with Crippen molar-refractivity contribution in [3.05, 3.63) is 35.0 Å². The van der Waals surface area contributed by atoms with E-state index in [1.807, 2.05) is 0 Å². The number of benzene rings is 1. The van der Waals surface area contributed by atoms with Crippen molar-refractivity contribution in [3.63, 3.8) is 0 Å². The zero-order valence-corrected chi connectivity index (χ0v) is 11.4. The Balaban J connectivity index is 1.85. The van der Waals surface area contributed by atoms with Gasteiger partial charge >= 0.3 is 0 Å². The van der Waals surface area contributed by atoms with Gasteiger partial charge in [0.1, 0.15) is 5.58 Å². The third-order valence-electron chi connectivity index (χ3n) is 3.87. The van der Waals surface area contributed by atoms with E-state index in [9.17, 15) is 4.79 Å². The molecule has 2 aromatic rings. The fourth-order valence-electron chi connectivity index (χ4n) is 2.81. The van der Waals surface area contributed by atoms with E-state index in [-0.39, 0.29) is 11.3 Å². The molecular weight excluding hydrogens is 262 g/mol. The third-order valence-corrected chi connectivity index (χ3v) is 4.10. The molecule has 19 heavy (non-hydrogen) atoms. The molecule has 1 aliphatic rings. The molecule has 0 amide bonds. The number of hydrogen-bond donors (Lipinski definition) is 1. The van der Waals surface area contributed by atoms with Gasteiger partial charge in [-0.15, -0.1) is 0 Å². The second kappa shape index (κ2) is 4.66. The molecule has 1 aliphatic carbocycles. The smallest absolute Gasteiger partial charge is 0.199 e. The van der Waals surface area contributed by atoms with Gasteiger partial charge in [-0.2, -0.15) is 0 Å². The second-order valence-corrected chi connectivity index (χ2v) is 5.90. The van der Waals surface area contributed by atoms with Gasteiger partial charge in [-0.05, 0) is 37.1 Å². The normalized spacial score (nSPS) is 18.0. The molecule has 0 bridgehead atoms. The Morgan fingerprint density at radius 3 is 2.79 bits per heavy atom. The molecule has 2 N–H and O–H groups in total. The first-order valence-corrected chi connectivity index (χ1v) is 6.95. The number of carbonyl (C=O) groups is 1. The lowest BCUT2D eigenvalue weighted by Crippen LogP contribution is -2.38.